The van der Waals surface area contributed by atoms with E-state index < -0.39 is 0 Å². The molecule has 0 spiro atoms. The second kappa shape index (κ2) is 10.4. The lowest BCUT2D eigenvalue weighted by molar-refractivity contribution is -0.128. The number of benzene rings is 2. The van der Waals surface area contributed by atoms with Crippen LogP contribution in [0.5, 0.6) is 0 Å². The van der Waals surface area contributed by atoms with E-state index in [9.17, 15) is 4.79 Å². The summed E-state index contributed by atoms with van der Waals surface area (Å²) in [7, 11) is 0. The highest BCUT2D eigenvalue weighted by atomic mass is 35.5. The molecule has 1 aliphatic rings. The van der Waals surface area contributed by atoms with E-state index in [2.05, 4.69) is 77.7 Å². The number of halogens is 1. The molecule has 2 heterocycles. The number of aromatic nitrogens is 3. The van der Waals surface area contributed by atoms with Crippen LogP contribution in [0.25, 0.3) is 11.4 Å². The van der Waals surface area contributed by atoms with Gasteiger partial charge < -0.3 is 14.4 Å². The van der Waals surface area contributed by atoms with Gasteiger partial charge in [0.05, 0.1) is 5.75 Å². The van der Waals surface area contributed by atoms with Crippen LogP contribution in [0.4, 0.5) is 5.69 Å². The molecule has 1 fully saturated rings. The first-order valence-electron chi connectivity index (χ1n) is 11.7. The molecular formula is C26H32ClN5OS. The Bertz CT molecular complexity index is 1130. The number of hydrogen-bond acceptors (Lipinski definition) is 5. The summed E-state index contributed by atoms with van der Waals surface area (Å²) in [6.07, 6.45) is 0. The third-order valence-electron chi connectivity index (χ3n) is 6.17. The number of amides is 1. The van der Waals surface area contributed by atoms with E-state index in [0.29, 0.717) is 18.8 Å². The molecule has 0 radical (unpaired) electrons. The summed E-state index contributed by atoms with van der Waals surface area (Å²) >= 11 is 7.59. The molecule has 1 aromatic heterocycles. The second-order valence-electron chi connectivity index (χ2n) is 9.51. The Kier molecular flexibility index (Phi) is 7.53. The van der Waals surface area contributed by atoms with Crippen LogP contribution < -0.4 is 4.90 Å². The standard InChI is InChI=1S/C26H32ClN5OS/c1-5-32-24(19-9-11-20(12-10-19)26(2,3)4)28-29-25(32)34-18-23(33)31-15-13-30(14-16-31)22-8-6-7-21(27)17-22/h6-12,17H,5,13-16,18H2,1-4H3. The van der Waals surface area contributed by atoms with E-state index in [0.717, 1.165) is 46.9 Å². The van der Waals surface area contributed by atoms with Gasteiger partial charge in [-0.3, -0.25) is 4.79 Å². The molecule has 0 bridgehead atoms. The van der Waals surface area contributed by atoms with Crippen molar-refractivity contribution in [2.45, 2.75) is 44.8 Å². The van der Waals surface area contributed by atoms with Gasteiger partial charge in [-0.1, -0.05) is 74.5 Å². The lowest BCUT2D eigenvalue weighted by Crippen LogP contribution is -2.49. The van der Waals surface area contributed by atoms with E-state index in [1.807, 2.05) is 23.1 Å². The van der Waals surface area contributed by atoms with Crippen molar-refractivity contribution >= 4 is 35.0 Å². The average Bonchev–Trinajstić information content (AvgIpc) is 3.25. The van der Waals surface area contributed by atoms with Crippen molar-refractivity contribution in [3.8, 4) is 11.4 Å². The average molecular weight is 498 g/mol. The molecular weight excluding hydrogens is 466 g/mol. The summed E-state index contributed by atoms with van der Waals surface area (Å²) in [5.74, 6) is 1.34. The number of rotatable bonds is 6. The molecule has 1 saturated heterocycles. The van der Waals surface area contributed by atoms with Gasteiger partial charge in [0, 0.05) is 49.0 Å². The van der Waals surface area contributed by atoms with E-state index in [4.69, 9.17) is 11.6 Å². The summed E-state index contributed by atoms with van der Waals surface area (Å²) in [4.78, 5) is 17.1. The monoisotopic (exact) mass is 497 g/mol. The highest BCUT2D eigenvalue weighted by Crippen LogP contribution is 2.28. The van der Waals surface area contributed by atoms with Crippen molar-refractivity contribution in [1.82, 2.24) is 19.7 Å². The minimum Gasteiger partial charge on any atom is -0.368 e. The Morgan fingerprint density at radius 3 is 2.35 bits per heavy atom. The third kappa shape index (κ3) is 5.58. The first kappa shape index (κ1) is 24.6. The van der Waals surface area contributed by atoms with Gasteiger partial charge in [-0.05, 0) is 36.1 Å². The predicted octanol–water partition coefficient (Wildman–Crippen LogP) is 5.36. The molecule has 34 heavy (non-hydrogen) atoms. The van der Waals surface area contributed by atoms with Gasteiger partial charge in [0.2, 0.25) is 5.91 Å². The van der Waals surface area contributed by atoms with Crippen molar-refractivity contribution in [2.75, 3.05) is 36.8 Å². The Labute approximate surface area is 211 Å². The molecule has 0 unspecified atom stereocenters. The quantitative estimate of drug-likeness (QED) is 0.429. The normalized spacial score (nSPS) is 14.5. The molecule has 1 amide bonds. The summed E-state index contributed by atoms with van der Waals surface area (Å²) in [5, 5.41) is 10.4. The number of piperazine rings is 1. The maximum atomic E-state index is 12.9. The first-order valence-corrected chi connectivity index (χ1v) is 13.1. The minimum absolute atomic E-state index is 0.109. The number of carbonyl (C=O) groups is 1. The van der Waals surface area contributed by atoms with Crippen molar-refractivity contribution in [2.24, 2.45) is 0 Å². The Balaban J connectivity index is 1.36. The molecule has 0 atom stereocenters. The molecule has 6 nitrogen and oxygen atoms in total. The number of hydrogen-bond donors (Lipinski definition) is 0. The highest BCUT2D eigenvalue weighted by Gasteiger charge is 2.23. The van der Waals surface area contributed by atoms with Crippen LogP contribution in [0.2, 0.25) is 5.02 Å². The van der Waals surface area contributed by atoms with Gasteiger partial charge in [-0.25, -0.2) is 0 Å². The molecule has 3 aromatic rings. The predicted molar refractivity (Wildman–Crippen MR) is 141 cm³/mol. The molecule has 8 heteroatoms. The van der Waals surface area contributed by atoms with Crippen molar-refractivity contribution in [1.29, 1.82) is 0 Å². The van der Waals surface area contributed by atoms with Crippen LogP contribution in [0, 0.1) is 0 Å². The van der Waals surface area contributed by atoms with Crippen LogP contribution in [0.15, 0.2) is 53.7 Å². The van der Waals surface area contributed by atoms with Gasteiger partial charge >= 0.3 is 0 Å². The topological polar surface area (TPSA) is 54.3 Å². The fraction of sp³-hybridized carbons (Fsp3) is 0.423. The van der Waals surface area contributed by atoms with Gasteiger partial charge in [0.15, 0.2) is 11.0 Å². The van der Waals surface area contributed by atoms with Crippen LogP contribution in [-0.4, -0.2) is 57.5 Å². The number of carbonyl (C=O) groups excluding carboxylic acids is 1. The zero-order chi connectivity index (χ0) is 24.3. The first-order chi connectivity index (χ1) is 16.3. The lowest BCUT2D eigenvalue weighted by atomic mass is 9.87. The second-order valence-corrected chi connectivity index (χ2v) is 10.9. The van der Waals surface area contributed by atoms with Crippen LogP contribution in [0.3, 0.4) is 0 Å². The maximum absolute atomic E-state index is 12.9. The Morgan fingerprint density at radius 2 is 1.74 bits per heavy atom. The summed E-state index contributed by atoms with van der Waals surface area (Å²) in [5.41, 5.74) is 3.54. The molecule has 4 rings (SSSR count). The smallest absolute Gasteiger partial charge is 0.233 e. The van der Waals surface area contributed by atoms with Gasteiger partial charge in [0.25, 0.3) is 0 Å². The largest absolute Gasteiger partial charge is 0.368 e. The molecule has 0 N–H and O–H groups in total. The van der Waals surface area contributed by atoms with Crippen molar-refractivity contribution < 1.29 is 4.79 Å². The van der Waals surface area contributed by atoms with Crippen LogP contribution >= 0.6 is 23.4 Å². The Morgan fingerprint density at radius 1 is 1.03 bits per heavy atom. The van der Waals surface area contributed by atoms with Gasteiger partial charge in [0.1, 0.15) is 0 Å². The van der Waals surface area contributed by atoms with Crippen molar-refractivity contribution in [3.63, 3.8) is 0 Å². The molecule has 0 saturated carbocycles. The fourth-order valence-electron chi connectivity index (χ4n) is 4.12. The van der Waals surface area contributed by atoms with Crippen LogP contribution in [0.1, 0.15) is 33.3 Å². The van der Waals surface area contributed by atoms with E-state index in [1.54, 1.807) is 0 Å². The number of anilines is 1. The summed E-state index contributed by atoms with van der Waals surface area (Å²) in [6.45, 7) is 12.5. The third-order valence-corrected chi connectivity index (χ3v) is 7.36. The molecule has 180 valence electrons. The number of thioether (sulfide) groups is 1. The van der Waals surface area contributed by atoms with E-state index in [1.165, 1.54) is 17.3 Å². The maximum Gasteiger partial charge on any atom is 0.233 e. The van der Waals surface area contributed by atoms with Crippen LogP contribution in [-0.2, 0) is 16.8 Å². The lowest BCUT2D eigenvalue weighted by Gasteiger charge is -2.36. The van der Waals surface area contributed by atoms with E-state index in [-0.39, 0.29) is 11.3 Å². The molecule has 0 aliphatic carbocycles. The Hall–Kier alpha value is -2.51. The zero-order valence-electron chi connectivity index (χ0n) is 20.3. The van der Waals surface area contributed by atoms with Gasteiger partial charge in [-0.2, -0.15) is 0 Å². The number of nitrogens with zero attached hydrogens (tertiary/aromatic N) is 5. The summed E-state index contributed by atoms with van der Waals surface area (Å²) in [6, 6.07) is 16.4. The zero-order valence-corrected chi connectivity index (χ0v) is 21.9. The summed E-state index contributed by atoms with van der Waals surface area (Å²) < 4.78 is 2.08. The van der Waals surface area contributed by atoms with E-state index >= 15 is 0 Å². The molecule has 2 aromatic carbocycles. The highest BCUT2D eigenvalue weighted by molar-refractivity contribution is 7.99. The van der Waals surface area contributed by atoms with Gasteiger partial charge in [-0.15, -0.1) is 10.2 Å². The molecule has 1 aliphatic heterocycles. The minimum atomic E-state index is 0.109. The fourth-order valence-corrected chi connectivity index (χ4v) is 5.21. The SMILES string of the molecule is CCn1c(SCC(=O)N2CCN(c3cccc(Cl)c3)CC2)nnc1-c1ccc(C(C)(C)C)cc1. The van der Waals surface area contributed by atoms with Crippen molar-refractivity contribution in [3.05, 3.63) is 59.1 Å².